The molecule has 1 saturated heterocycles. The molecule has 2 fully saturated rings. The summed E-state index contributed by atoms with van der Waals surface area (Å²) < 4.78 is 23.6. The Morgan fingerprint density at radius 2 is 2.10 bits per heavy atom. The van der Waals surface area contributed by atoms with Crippen molar-refractivity contribution in [2.24, 2.45) is 5.92 Å². The number of nitrogens with zero attached hydrogens (tertiary/aromatic N) is 2. The van der Waals surface area contributed by atoms with Crippen molar-refractivity contribution in [3.63, 3.8) is 0 Å². The minimum Gasteiger partial charge on any atom is -0.334 e. The molecule has 0 bridgehead atoms. The van der Waals surface area contributed by atoms with Gasteiger partial charge in [0.25, 0.3) is 0 Å². The van der Waals surface area contributed by atoms with Gasteiger partial charge >= 0.3 is 0 Å². The molecule has 1 amide bonds. The van der Waals surface area contributed by atoms with Crippen molar-refractivity contribution in [2.45, 2.75) is 43.0 Å². The van der Waals surface area contributed by atoms with Crippen LogP contribution in [0.2, 0.25) is 0 Å². The summed E-state index contributed by atoms with van der Waals surface area (Å²) in [4.78, 5) is 14.4. The number of aromatic amines is 1. The van der Waals surface area contributed by atoms with Gasteiger partial charge in [-0.25, -0.2) is 8.42 Å². The van der Waals surface area contributed by atoms with E-state index in [2.05, 4.69) is 10.2 Å². The summed E-state index contributed by atoms with van der Waals surface area (Å²) >= 11 is 0. The minimum absolute atomic E-state index is 0.153. The van der Waals surface area contributed by atoms with Gasteiger partial charge in [0.15, 0.2) is 9.84 Å². The molecule has 1 aliphatic carbocycles. The summed E-state index contributed by atoms with van der Waals surface area (Å²) in [5, 5.41) is 6.68. The second kappa shape index (κ2) is 4.87. The second-order valence-corrected chi connectivity index (χ2v) is 7.72. The van der Waals surface area contributed by atoms with Gasteiger partial charge in [0.1, 0.15) is 4.90 Å². The SMILES string of the molecule is CS(=O)(=O)c1cn[nH]c1C1CCCCN1C(=O)C1CC1. The Morgan fingerprint density at radius 3 is 2.75 bits per heavy atom. The number of sulfone groups is 1. The number of nitrogens with one attached hydrogen (secondary N) is 1. The Labute approximate surface area is 118 Å². The molecule has 0 aromatic carbocycles. The number of amides is 1. The number of hydrogen-bond donors (Lipinski definition) is 1. The molecule has 2 aliphatic rings. The maximum Gasteiger partial charge on any atom is 0.226 e. The first kappa shape index (κ1) is 13.6. The van der Waals surface area contributed by atoms with Crippen molar-refractivity contribution in [3.8, 4) is 0 Å². The van der Waals surface area contributed by atoms with Gasteiger partial charge in [0, 0.05) is 18.7 Å². The van der Waals surface area contributed by atoms with E-state index >= 15 is 0 Å². The third kappa shape index (κ3) is 2.46. The fourth-order valence-corrected chi connectivity index (χ4v) is 3.70. The van der Waals surface area contributed by atoms with E-state index in [1.54, 1.807) is 0 Å². The predicted molar refractivity (Wildman–Crippen MR) is 72.7 cm³/mol. The van der Waals surface area contributed by atoms with Crippen LogP contribution in [-0.2, 0) is 14.6 Å². The summed E-state index contributed by atoms with van der Waals surface area (Å²) in [7, 11) is -3.32. The molecule has 1 saturated carbocycles. The molecule has 6 nitrogen and oxygen atoms in total. The molecular formula is C13H19N3O3S. The van der Waals surface area contributed by atoms with Crippen molar-refractivity contribution >= 4 is 15.7 Å². The Balaban J connectivity index is 1.94. The fraction of sp³-hybridized carbons (Fsp3) is 0.692. The van der Waals surface area contributed by atoms with E-state index in [1.807, 2.05) is 4.90 Å². The second-order valence-electron chi connectivity index (χ2n) is 5.74. The first-order chi connectivity index (χ1) is 9.48. The molecule has 7 heteroatoms. The van der Waals surface area contributed by atoms with Crippen LogP contribution in [0.4, 0.5) is 0 Å². The van der Waals surface area contributed by atoms with Crippen LogP contribution in [0.15, 0.2) is 11.1 Å². The van der Waals surface area contributed by atoms with Gasteiger partial charge in [-0.1, -0.05) is 0 Å². The van der Waals surface area contributed by atoms with Crippen LogP contribution in [-0.4, -0.2) is 42.2 Å². The Bertz CT molecular complexity index is 619. The van der Waals surface area contributed by atoms with Gasteiger partial charge < -0.3 is 4.90 Å². The topological polar surface area (TPSA) is 83.1 Å². The Kier molecular flexibility index (Phi) is 3.32. The quantitative estimate of drug-likeness (QED) is 0.911. The van der Waals surface area contributed by atoms with Crippen LogP contribution >= 0.6 is 0 Å². The van der Waals surface area contributed by atoms with Crippen molar-refractivity contribution in [2.75, 3.05) is 12.8 Å². The molecule has 1 aliphatic heterocycles. The van der Waals surface area contributed by atoms with E-state index < -0.39 is 9.84 Å². The van der Waals surface area contributed by atoms with Crippen molar-refractivity contribution in [3.05, 3.63) is 11.9 Å². The van der Waals surface area contributed by atoms with Crippen LogP contribution in [0, 0.1) is 5.92 Å². The van der Waals surface area contributed by atoms with Crippen LogP contribution < -0.4 is 0 Å². The predicted octanol–water partition coefficient (Wildman–Crippen LogP) is 1.28. The highest BCUT2D eigenvalue weighted by Gasteiger charge is 2.39. The average molecular weight is 297 g/mol. The van der Waals surface area contributed by atoms with E-state index in [9.17, 15) is 13.2 Å². The van der Waals surface area contributed by atoms with Crippen LogP contribution in [0.5, 0.6) is 0 Å². The van der Waals surface area contributed by atoms with Gasteiger partial charge in [-0.3, -0.25) is 9.89 Å². The zero-order valence-corrected chi connectivity index (χ0v) is 12.3. The minimum atomic E-state index is -3.32. The molecule has 0 spiro atoms. The van der Waals surface area contributed by atoms with Gasteiger partial charge in [-0.05, 0) is 32.1 Å². The molecule has 2 heterocycles. The lowest BCUT2D eigenvalue weighted by atomic mass is 9.98. The van der Waals surface area contributed by atoms with Gasteiger partial charge in [-0.15, -0.1) is 0 Å². The Hall–Kier alpha value is -1.37. The number of H-pyrrole nitrogens is 1. The maximum atomic E-state index is 12.4. The fourth-order valence-electron chi connectivity index (χ4n) is 2.88. The zero-order chi connectivity index (χ0) is 14.3. The van der Waals surface area contributed by atoms with E-state index in [4.69, 9.17) is 0 Å². The molecule has 1 aromatic rings. The first-order valence-corrected chi connectivity index (χ1v) is 8.91. The van der Waals surface area contributed by atoms with Crippen LogP contribution in [0.3, 0.4) is 0 Å². The lowest BCUT2D eigenvalue weighted by Gasteiger charge is -2.35. The highest BCUT2D eigenvalue weighted by molar-refractivity contribution is 7.90. The normalized spacial score (nSPS) is 23.9. The van der Waals surface area contributed by atoms with E-state index in [0.29, 0.717) is 12.2 Å². The Morgan fingerprint density at radius 1 is 1.35 bits per heavy atom. The average Bonchev–Trinajstić information content (AvgIpc) is 3.13. The van der Waals surface area contributed by atoms with Crippen molar-refractivity contribution in [1.29, 1.82) is 0 Å². The van der Waals surface area contributed by atoms with Crippen molar-refractivity contribution < 1.29 is 13.2 Å². The van der Waals surface area contributed by atoms with E-state index in [1.165, 1.54) is 12.5 Å². The smallest absolute Gasteiger partial charge is 0.226 e. The molecule has 1 unspecified atom stereocenters. The number of likely N-dealkylation sites (tertiary alicyclic amines) is 1. The summed E-state index contributed by atoms with van der Waals surface area (Å²) in [6, 6.07) is -0.177. The van der Waals surface area contributed by atoms with Gasteiger partial charge in [0.2, 0.25) is 5.91 Å². The van der Waals surface area contributed by atoms with Gasteiger partial charge in [-0.2, -0.15) is 5.10 Å². The maximum absolute atomic E-state index is 12.4. The number of rotatable bonds is 3. The number of hydrogen-bond acceptors (Lipinski definition) is 4. The summed E-state index contributed by atoms with van der Waals surface area (Å²) in [6.07, 6.45) is 7.23. The molecule has 1 atom stereocenters. The molecule has 1 N–H and O–H groups in total. The standard InChI is InChI=1S/C13H19N3O3S/c1-20(18,19)11-8-14-15-12(11)10-4-2-3-7-16(10)13(17)9-5-6-9/h8-10H,2-7H2,1H3,(H,14,15). The van der Waals surface area contributed by atoms with Crippen LogP contribution in [0.25, 0.3) is 0 Å². The summed E-state index contributed by atoms with van der Waals surface area (Å²) in [5.41, 5.74) is 0.571. The first-order valence-electron chi connectivity index (χ1n) is 7.02. The third-order valence-electron chi connectivity index (χ3n) is 4.08. The number of aromatic nitrogens is 2. The third-order valence-corrected chi connectivity index (χ3v) is 5.20. The molecule has 20 heavy (non-hydrogen) atoms. The zero-order valence-electron chi connectivity index (χ0n) is 11.5. The number of piperidine rings is 1. The monoisotopic (exact) mass is 297 g/mol. The van der Waals surface area contributed by atoms with Crippen LogP contribution in [0.1, 0.15) is 43.8 Å². The summed E-state index contributed by atoms with van der Waals surface area (Å²) in [6.45, 7) is 0.711. The molecule has 3 rings (SSSR count). The van der Waals surface area contributed by atoms with Crippen molar-refractivity contribution in [1.82, 2.24) is 15.1 Å². The van der Waals surface area contributed by atoms with E-state index in [-0.39, 0.29) is 22.8 Å². The highest BCUT2D eigenvalue weighted by atomic mass is 32.2. The number of carbonyl (C=O) groups is 1. The summed E-state index contributed by atoms with van der Waals surface area (Å²) in [5.74, 6) is 0.323. The molecule has 110 valence electrons. The van der Waals surface area contributed by atoms with Gasteiger partial charge in [0.05, 0.1) is 17.9 Å². The number of carbonyl (C=O) groups excluding carboxylic acids is 1. The largest absolute Gasteiger partial charge is 0.334 e. The molecular weight excluding hydrogens is 278 g/mol. The lowest BCUT2D eigenvalue weighted by Crippen LogP contribution is -2.40. The van der Waals surface area contributed by atoms with E-state index in [0.717, 1.165) is 32.1 Å². The molecule has 1 aromatic heterocycles. The lowest BCUT2D eigenvalue weighted by molar-refractivity contribution is -0.136. The highest BCUT2D eigenvalue weighted by Crippen LogP contribution is 2.38. The molecule has 0 radical (unpaired) electrons.